The molecule has 0 amide bonds. The van der Waals surface area contributed by atoms with Crippen LogP contribution in [-0.4, -0.2) is 11.2 Å². The van der Waals surface area contributed by atoms with Crippen molar-refractivity contribution in [3.8, 4) is 0 Å². The minimum atomic E-state index is -0.0396. The molecule has 4 aliphatic carbocycles. The van der Waals surface area contributed by atoms with E-state index in [0.717, 1.165) is 36.5 Å². The van der Waals surface area contributed by atoms with Crippen molar-refractivity contribution in [3.05, 3.63) is 11.1 Å². The highest BCUT2D eigenvalue weighted by Gasteiger charge is 2.61. The number of hydrogen-bond acceptors (Lipinski definition) is 1. The topological polar surface area (TPSA) is 20.2 Å². The fourth-order valence-electron chi connectivity index (χ4n) is 8.83. The van der Waals surface area contributed by atoms with Gasteiger partial charge in [-0.2, -0.15) is 0 Å². The molecule has 0 aliphatic heterocycles. The van der Waals surface area contributed by atoms with Crippen molar-refractivity contribution < 1.29 is 5.11 Å². The van der Waals surface area contributed by atoms with E-state index in [1.807, 2.05) is 11.1 Å². The van der Waals surface area contributed by atoms with E-state index in [4.69, 9.17) is 0 Å². The van der Waals surface area contributed by atoms with Crippen molar-refractivity contribution in [2.75, 3.05) is 0 Å². The summed E-state index contributed by atoms with van der Waals surface area (Å²) in [5, 5.41) is 10.3. The van der Waals surface area contributed by atoms with Gasteiger partial charge in [0.05, 0.1) is 6.10 Å². The molecule has 1 nitrogen and oxygen atoms in total. The molecule has 0 heterocycles. The molecule has 166 valence electrons. The first-order chi connectivity index (χ1) is 13.6. The summed E-state index contributed by atoms with van der Waals surface area (Å²) >= 11 is 0. The van der Waals surface area contributed by atoms with Crippen LogP contribution in [0.3, 0.4) is 0 Å². The van der Waals surface area contributed by atoms with Gasteiger partial charge in [-0.3, -0.25) is 0 Å². The summed E-state index contributed by atoms with van der Waals surface area (Å²) in [5.74, 6) is 3.36. The lowest BCUT2D eigenvalue weighted by atomic mass is 9.46. The van der Waals surface area contributed by atoms with Crippen LogP contribution in [-0.2, 0) is 0 Å². The predicted octanol–water partition coefficient (Wildman–Crippen LogP) is 7.92. The summed E-state index contributed by atoms with van der Waals surface area (Å²) in [5.41, 5.74) is 5.09. The Balaban J connectivity index is 1.59. The molecule has 0 radical (unpaired) electrons. The van der Waals surface area contributed by atoms with Crippen LogP contribution in [0.2, 0.25) is 0 Å². The van der Waals surface area contributed by atoms with Gasteiger partial charge in [-0.25, -0.2) is 0 Å². The highest BCUT2D eigenvalue weighted by molar-refractivity contribution is 5.38. The maximum Gasteiger partial charge on any atom is 0.0543 e. The Kier molecular flexibility index (Phi) is 5.81. The monoisotopic (exact) mass is 400 g/mol. The van der Waals surface area contributed by atoms with Gasteiger partial charge in [0.1, 0.15) is 0 Å². The van der Waals surface area contributed by atoms with Crippen molar-refractivity contribution in [1.82, 2.24) is 0 Å². The van der Waals surface area contributed by atoms with Gasteiger partial charge < -0.3 is 5.11 Å². The summed E-state index contributed by atoms with van der Waals surface area (Å²) in [6.45, 7) is 15.2. The van der Waals surface area contributed by atoms with Crippen LogP contribution in [0.25, 0.3) is 0 Å². The van der Waals surface area contributed by atoms with Crippen LogP contribution in [0.4, 0.5) is 0 Å². The van der Waals surface area contributed by atoms with E-state index in [1.165, 1.54) is 64.2 Å². The first-order valence-electron chi connectivity index (χ1n) is 13.0. The fraction of sp³-hybridized carbons (Fsp3) is 0.929. The number of fused-ring (bicyclic) bond motifs is 4. The second kappa shape index (κ2) is 7.68. The van der Waals surface area contributed by atoms with Crippen LogP contribution in [0, 0.1) is 39.9 Å². The Morgan fingerprint density at radius 3 is 2.38 bits per heavy atom. The Bertz CT molecular complexity index is 647. The van der Waals surface area contributed by atoms with Gasteiger partial charge in [-0.05, 0) is 97.7 Å². The molecule has 0 spiro atoms. The Morgan fingerprint density at radius 2 is 1.66 bits per heavy atom. The lowest BCUT2D eigenvalue weighted by Gasteiger charge is -2.59. The molecule has 0 aromatic rings. The van der Waals surface area contributed by atoms with Crippen molar-refractivity contribution in [2.45, 2.75) is 125 Å². The third kappa shape index (κ3) is 3.37. The van der Waals surface area contributed by atoms with Gasteiger partial charge in [-0.1, -0.05) is 72.0 Å². The van der Waals surface area contributed by atoms with Crippen LogP contribution in [0.15, 0.2) is 11.1 Å². The van der Waals surface area contributed by atoms with Gasteiger partial charge in [0.2, 0.25) is 0 Å². The molecular formula is C28H48O. The van der Waals surface area contributed by atoms with Crippen LogP contribution < -0.4 is 0 Å². The van der Waals surface area contributed by atoms with Gasteiger partial charge in [0.25, 0.3) is 0 Å². The van der Waals surface area contributed by atoms with E-state index in [-0.39, 0.29) is 6.10 Å². The summed E-state index contributed by atoms with van der Waals surface area (Å²) < 4.78 is 0. The zero-order valence-corrected chi connectivity index (χ0v) is 20.3. The standard InChI is InChI=1S/C28H48O/c1-19(2)8-7-9-20(3)23-13-16-28(6)25-11-10-21-18-22(29)12-15-26(21,4)24(25)14-17-27(23,28)5/h19-23,29H,7-18H2,1-6H3/t20-,21?,22?,23-,26+,27-,28+/m1/s1. The Morgan fingerprint density at radius 1 is 0.897 bits per heavy atom. The zero-order chi connectivity index (χ0) is 21.0. The molecule has 7 atom stereocenters. The smallest absolute Gasteiger partial charge is 0.0543 e. The third-order valence-electron chi connectivity index (χ3n) is 11.0. The quantitative estimate of drug-likeness (QED) is 0.465. The van der Waals surface area contributed by atoms with Crippen molar-refractivity contribution in [2.24, 2.45) is 39.9 Å². The molecule has 4 aliphatic rings. The zero-order valence-electron chi connectivity index (χ0n) is 20.3. The second-order valence-corrected chi connectivity index (χ2v) is 12.7. The van der Waals surface area contributed by atoms with Gasteiger partial charge in [-0.15, -0.1) is 0 Å². The first kappa shape index (κ1) is 21.9. The molecule has 0 saturated heterocycles. The predicted molar refractivity (Wildman–Crippen MR) is 124 cm³/mol. The summed E-state index contributed by atoms with van der Waals surface area (Å²) in [6.07, 6.45) is 15.8. The molecule has 2 unspecified atom stereocenters. The molecule has 1 N–H and O–H groups in total. The minimum absolute atomic E-state index is 0.0396. The fourth-order valence-corrected chi connectivity index (χ4v) is 8.83. The summed E-state index contributed by atoms with van der Waals surface area (Å²) in [4.78, 5) is 0. The third-order valence-corrected chi connectivity index (χ3v) is 11.0. The molecule has 0 bridgehead atoms. The van der Waals surface area contributed by atoms with E-state index in [0.29, 0.717) is 16.2 Å². The maximum absolute atomic E-state index is 10.3. The normalized spacial score (nSPS) is 45.7. The van der Waals surface area contributed by atoms with Crippen molar-refractivity contribution in [1.29, 1.82) is 0 Å². The van der Waals surface area contributed by atoms with Crippen molar-refractivity contribution in [3.63, 3.8) is 0 Å². The van der Waals surface area contributed by atoms with E-state index >= 15 is 0 Å². The number of rotatable bonds is 5. The highest BCUT2D eigenvalue weighted by Crippen LogP contribution is 2.71. The van der Waals surface area contributed by atoms with Gasteiger partial charge >= 0.3 is 0 Å². The largest absolute Gasteiger partial charge is 0.393 e. The second-order valence-electron chi connectivity index (χ2n) is 12.7. The van der Waals surface area contributed by atoms with Crippen LogP contribution in [0.1, 0.15) is 119 Å². The number of aliphatic hydroxyl groups excluding tert-OH is 1. The van der Waals surface area contributed by atoms with Gasteiger partial charge in [0.15, 0.2) is 0 Å². The number of aliphatic hydroxyl groups is 1. The summed E-state index contributed by atoms with van der Waals surface area (Å²) in [6, 6.07) is 0. The first-order valence-corrected chi connectivity index (χ1v) is 13.0. The average molecular weight is 401 g/mol. The molecule has 0 aromatic heterocycles. The maximum atomic E-state index is 10.3. The van der Waals surface area contributed by atoms with E-state index in [9.17, 15) is 5.11 Å². The average Bonchev–Trinajstić information content (AvgIpc) is 2.93. The molecular weight excluding hydrogens is 352 g/mol. The summed E-state index contributed by atoms with van der Waals surface area (Å²) in [7, 11) is 0. The lowest BCUT2D eigenvalue weighted by molar-refractivity contribution is -0.00504. The SMILES string of the molecule is CC(C)CCC[C@@H](C)[C@H]1CC[C@@]2(C)C3=C(CC[C@]12C)[C@@]1(C)CCC(O)CC1CC3. The number of allylic oxidation sites excluding steroid dienone is 2. The van der Waals surface area contributed by atoms with Gasteiger partial charge in [0, 0.05) is 0 Å². The molecule has 0 aromatic carbocycles. The molecule has 4 rings (SSSR count). The van der Waals surface area contributed by atoms with Crippen molar-refractivity contribution >= 4 is 0 Å². The molecule has 29 heavy (non-hydrogen) atoms. The highest BCUT2D eigenvalue weighted by atomic mass is 16.3. The Labute approximate surface area is 181 Å². The van der Waals surface area contributed by atoms with E-state index in [2.05, 4.69) is 41.5 Å². The molecule has 1 heteroatoms. The number of hydrogen-bond donors (Lipinski definition) is 1. The van der Waals surface area contributed by atoms with Crippen LogP contribution in [0.5, 0.6) is 0 Å². The molecule has 2 fully saturated rings. The van der Waals surface area contributed by atoms with Crippen LogP contribution >= 0.6 is 0 Å². The minimum Gasteiger partial charge on any atom is -0.393 e. The molecule has 2 saturated carbocycles. The Hall–Kier alpha value is -0.300. The lowest BCUT2D eigenvalue weighted by Crippen LogP contribution is -2.49. The van der Waals surface area contributed by atoms with E-state index < -0.39 is 0 Å². The van der Waals surface area contributed by atoms with E-state index in [1.54, 1.807) is 0 Å².